The fourth-order valence-electron chi connectivity index (χ4n) is 4.26. The van der Waals surface area contributed by atoms with Crippen LogP contribution in [0.15, 0.2) is 66.0 Å². The summed E-state index contributed by atoms with van der Waals surface area (Å²) < 4.78 is 0. The summed E-state index contributed by atoms with van der Waals surface area (Å²) in [5.74, 6) is -0.637. The van der Waals surface area contributed by atoms with Gasteiger partial charge in [0.25, 0.3) is 0 Å². The predicted molar refractivity (Wildman–Crippen MR) is 143 cm³/mol. The quantitative estimate of drug-likeness (QED) is 0.406. The molecular weight excluding hydrogens is 517 g/mol. The lowest BCUT2D eigenvalue weighted by Gasteiger charge is -2.40. The highest BCUT2D eigenvalue weighted by Crippen LogP contribution is 2.22. The van der Waals surface area contributed by atoms with Crippen LogP contribution in [0.25, 0.3) is 0 Å². The Labute approximate surface area is 224 Å². The minimum absolute atomic E-state index is 0.00531. The first-order chi connectivity index (χ1) is 17.4. The second-order valence-electron chi connectivity index (χ2n) is 8.65. The average molecular weight is 545 g/mol. The van der Waals surface area contributed by atoms with Gasteiger partial charge in [0.1, 0.15) is 12.6 Å². The summed E-state index contributed by atoms with van der Waals surface area (Å²) in [6.45, 7) is 1.09. The standard InChI is InChI=1S/C27H27Cl2N3O3S/c28-21-9-8-20(23(29)15-21)10-12-30-25(33)16-24-27(35)31(17-19-5-2-1-3-6-19)18-26(34)32(24)13-11-22-7-4-14-36-22/h1-9,14-15,24H,10-13,16-18H2,(H,30,33). The first-order valence-electron chi connectivity index (χ1n) is 11.8. The maximum Gasteiger partial charge on any atom is 0.246 e. The molecule has 2 aromatic carbocycles. The number of amides is 3. The lowest BCUT2D eigenvalue weighted by molar-refractivity contribution is -0.157. The van der Waals surface area contributed by atoms with Crippen molar-refractivity contribution in [2.24, 2.45) is 0 Å². The van der Waals surface area contributed by atoms with E-state index in [-0.39, 0.29) is 30.7 Å². The van der Waals surface area contributed by atoms with Crippen molar-refractivity contribution in [1.82, 2.24) is 15.1 Å². The van der Waals surface area contributed by atoms with E-state index in [0.717, 1.165) is 16.0 Å². The lowest BCUT2D eigenvalue weighted by Crippen LogP contribution is -2.60. The summed E-state index contributed by atoms with van der Waals surface area (Å²) in [6.07, 6.45) is 1.08. The van der Waals surface area contributed by atoms with Crippen LogP contribution in [-0.2, 0) is 33.8 Å². The molecule has 1 aromatic heterocycles. The topological polar surface area (TPSA) is 69.7 Å². The molecular formula is C27H27Cl2N3O3S. The number of hydrogen-bond acceptors (Lipinski definition) is 4. The molecule has 1 fully saturated rings. The largest absolute Gasteiger partial charge is 0.356 e. The zero-order valence-electron chi connectivity index (χ0n) is 19.7. The zero-order valence-corrected chi connectivity index (χ0v) is 22.0. The summed E-state index contributed by atoms with van der Waals surface area (Å²) >= 11 is 13.8. The fraction of sp³-hybridized carbons (Fsp3) is 0.296. The van der Waals surface area contributed by atoms with E-state index in [1.807, 2.05) is 53.9 Å². The monoisotopic (exact) mass is 543 g/mol. The Morgan fingerprint density at radius 1 is 1.03 bits per heavy atom. The normalized spacial score (nSPS) is 15.9. The molecule has 3 aromatic rings. The van der Waals surface area contributed by atoms with E-state index in [9.17, 15) is 14.4 Å². The van der Waals surface area contributed by atoms with Gasteiger partial charge in [-0.1, -0.05) is 65.7 Å². The van der Waals surface area contributed by atoms with Crippen molar-refractivity contribution < 1.29 is 14.4 Å². The molecule has 0 aliphatic carbocycles. The molecule has 0 spiro atoms. The molecule has 1 saturated heterocycles. The van der Waals surface area contributed by atoms with Crippen molar-refractivity contribution in [1.29, 1.82) is 0 Å². The maximum atomic E-state index is 13.5. The van der Waals surface area contributed by atoms with Crippen LogP contribution in [0.4, 0.5) is 0 Å². The molecule has 3 amide bonds. The summed E-state index contributed by atoms with van der Waals surface area (Å²) in [4.78, 5) is 43.7. The number of hydrogen-bond donors (Lipinski definition) is 1. The number of thiophene rings is 1. The van der Waals surface area contributed by atoms with Crippen molar-refractivity contribution in [3.05, 3.63) is 92.1 Å². The average Bonchev–Trinajstić information content (AvgIpc) is 3.37. The first-order valence-corrected chi connectivity index (χ1v) is 13.4. The summed E-state index contributed by atoms with van der Waals surface area (Å²) in [5.41, 5.74) is 1.81. The molecule has 4 rings (SSSR count). The molecule has 0 radical (unpaired) electrons. The molecule has 36 heavy (non-hydrogen) atoms. The molecule has 9 heteroatoms. The van der Waals surface area contributed by atoms with E-state index >= 15 is 0 Å². The van der Waals surface area contributed by atoms with Gasteiger partial charge in [-0.3, -0.25) is 14.4 Å². The van der Waals surface area contributed by atoms with Gasteiger partial charge >= 0.3 is 0 Å². The van der Waals surface area contributed by atoms with Crippen LogP contribution in [0.3, 0.4) is 0 Å². The van der Waals surface area contributed by atoms with Crippen LogP contribution < -0.4 is 5.32 Å². The number of nitrogens with zero attached hydrogens (tertiary/aromatic N) is 2. The number of rotatable bonds is 10. The fourth-order valence-corrected chi connectivity index (χ4v) is 5.46. The number of benzene rings is 2. The van der Waals surface area contributed by atoms with Gasteiger partial charge in [-0.05, 0) is 47.5 Å². The zero-order chi connectivity index (χ0) is 25.5. The third kappa shape index (κ3) is 6.87. The van der Waals surface area contributed by atoms with Crippen LogP contribution in [0.1, 0.15) is 22.4 Å². The molecule has 1 N–H and O–H groups in total. The van der Waals surface area contributed by atoms with Gasteiger partial charge < -0.3 is 15.1 Å². The van der Waals surface area contributed by atoms with Crippen LogP contribution in [0, 0.1) is 0 Å². The van der Waals surface area contributed by atoms with Crippen LogP contribution in [0.2, 0.25) is 10.0 Å². The molecule has 1 aliphatic heterocycles. The predicted octanol–water partition coefficient (Wildman–Crippen LogP) is 4.59. The second-order valence-corrected chi connectivity index (χ2v) is 10.5. The Hall–Kier alpha value is -2.87. The highest BCUT2D eigenvalue weighted by Gasteiger charge is 2.40. The maximum absolute atomic E-state index is 13.5. The molecule has 188 valence electrons. The van der Waals surface area contributed by atoms with Crippen molar-refractivity contribution in [2.75, 3.05) is 19.6 Å². The molecule has 2 heterocycles. The van der Waals surface area contributed by atoms with Gasteiger partial charge in [0, 0.05) is 34.6 Å². The minimum atomic E-state index is -0.839. The number of nitrogens with one attached hydrogen (secondary N) is 1. The number of piperazine rings is 1. The molecule has 1 aliphatic rings. The number of halogens is 2. The Bertz CT molecular complexity index is 1200. The second kappa shape index (κ2) is 12.4. The van der Waals surface area contributed by atoms with Crippen molar-refractivity contribution in [3.8, 4) is 0 Å². The highest BCUT2D eigenvalue weighted by atomic mass is 35.5. The van der Waals surface area contributed by atoms with Crippen molar-refractivity contribution >= 4 is 52.3 Å². The molecule has 1 atom stereocenters. The van der Waals surface area contributed by atoms with Crippen molar-refractivity contribution in [2.45, 2.75) is 31.8 Å². The summed E-state index contributed by atoms with van der Waals surface area (Å²) in [6, 6.07) is 17.9. The molecule has 1 unspecified atom stereocenters. The SMILES string of the molecule is O=C(CC1C(=O)N(Cc2ccccc2)CC(=O)N1CCc1cccs1)NCCc1ccc(Cl)cc1Cl. The van der Waals surface area contributed by atoms with E-state index in [0.29, 0.717) is 42.5 Å². The van der Waals surface area contributed by atoms with Gasteiger partial charge in [-0.2, -0.15) is 0 Å². The third-order valence-corrected chi connectivity index (χ3v) is 7.65. The van der Waals surface area contributed by atoms with E-state index in [1.54, 1.807) is 33.3 Å². The molecule has 6 nitrogen and oxygen atoms in total. The van der Waals surface area contributed by atoms with Gasteiger partial charge in [-0.15, -0.1) is 11.3 Å². The summed E-state index contributed by atoms with van der Waals surface area (Å²) in [7, 11) is 0. The molecule has 0 bridgehead atoms. The van der Waals surface area contributed by atoms with Gasteiger partial charge in [0.15, 0.2) is 0 Å². The smallest absolute Gasteiger partial charge is 0.246 e. The summed E-state index contributed by atoms with van der Waals surface area (Å²) in [5, 5.41) is 5.95. The number of carbonyl (C=O) groups is 3. The van der Waals surface area contributed by atoms with E-state index < -0.39 is 6.04 Å². The first kappa shape index (κ1) is 26.2. The van der Waals surface area contributed by atoms with E-state index in [2.05, 4.69) is 5.32 Å². The van der Waals surface area contributed by atoms with E-state index in [4.69, 9.17) is 23.2 Å². The highest BCUT2D eigenvalue weighted by molar-refractivity contribution is 7.09. The number of carbonyl (C=O) groups excluding carboxylic acids is 3. The molecule has 0 saturated carbocycles. The third-order valence-electron chi connectivity index (χ3n) is 6.13. The minimum Gasteiger partial charge on any atom is -0.356 e. The van der Waals surface area contributed by atoms with Crippen LogP contribution in [0.5, 0.6) is 0 Å². The Balaban J connectivity index is 1.42. The Morgan fingerprint density at radius 2 is 1.83 bits per heavy atom. The lowest BCUT2D eigenvalue weighted by atomic mass is 10.0. The van der Waals surface area contributed by atoms with Crippen LogP contribution in [-0.4, -0.2) is 53.2 Å². The van der Waals surface area contributed by atoms with Gasteiger partial charge in [-0.25, -0.2) is 0 Å². The van der Waals surface area contributed by atoms with Gasteiger partial charge in [0.2, 0.25) is 17.7 Å². The van der Waals surface area contributed by atoms with Gasteiger partial charge in [0.05, 0.1) is 6.42 Å². The van der Waals surface area contributed by atoms with E-state index in [1.165, 1.54) is 0 Å². The van der Waals surface area contributed by atoms with Crippen molar-refractivity contribution in [3.63, 3.8) is 0 Å². The van der Waals surface area contributed by atoms with Crippen LogP contribution >= 0.6 is 34.5 Å². The Kier molecular flexibility index (Phi) is 9.02. The Morgan fingerprint density at radius 3 is 2.56 bits per heavy atom.